The average molecular weight is 233 g/mol. The highest BCUT2D eigenvalue weighted by Crippen LogP contribution is 2.35. The van der Waals surface area contributed by atoms with Gasteiger partial charge in [0, 0.05) is 5.33 Å². The van der Waals surface area contributed by atoms with Gasteiger partial charge in [0.15, 0.2) is 0 Å². The highest BCUT2D eigenvalue weighted by atomic mass is 79.9. The van der Waals surface area contributed by atoms with Crippen LogP contribution in [0.5, 0.6) is 0 Å². The van der Waals surface area contributed by atoms with Crippen LogP contribution < -0.4 is 0 Å². The quantitative estimate of drug-likeness (QED) is 0.666. The minimum atomic E-state index is -4.46. The van der Waals surface area contributed by atoms with Crippen LogP contribution in [0, 0.1) is 5.92 Å². The van der Waals surface area contributed by atoms with Crippen LogP contribution in [0.3, 0.4) is 0 Å². The lowest BCUT2D eigenvalue weighted by Crippen LogP contribution is -2.36. The van der Waals surface area contributed by atoms with Crippen molar-refractivity contribution in [2.24, 2.45) is 5.92 Å². The Morgan fingerprint density at radius 1 is 1.36 bits per heavy atom. The summed E-state index contributed by atoms with van der Waals surface area (Å²) < 4.78 is 38.4. The molecule has 66 valence electrons. The fraction of sp³-hybridized carbons (Fsp3) is 1.00. The topological polar surface area (TPSA) is 9.23 Å². The lowest BCUT2D eigenvalue weighted by molar-refractivity contribution is -0.353. The van der Waals surface area contributed by atoms with E-state index in [1.807, 2.05) is 0 Å². The van der Waals surface area contributed by atoms with Crippen molar-refractivity contribution in [1.82, 2.24) is 0 Å². The molecule has 1 aliphatic carbocycles. The van der Waals surface area contributed by atoms with Gasteiger partial charge in [-0.1, -0.05) is 15.9 Å². The van der Waals surface area contributed by atoms with E-state index in [0.29, 0.717) is 18.8 Å². The third-order valence-electron chi connectivity index (χ3n) is 1.71. The first-order valence-electron chi connectivity index (χ1n) is 3.32. The molecule has 0 aromatic heterocycles. The minimum Gasteiger partial charge on any atom is -0.289 e. The van der Waals surface area contributed by atoms with Gasteiger partial charge in [0.1, 0.15) is 0 Å². The summed E-state index contributed by atoms with van der Waals surface area (Å²) >= 11 is 3.20. The lowest BCUT2D eigenvalue weighted by Gasteiger charge is -2.34. The number of halogens is 4. The van der Waals surface area contributed by atoms with Crippen molar-refractivity contribution in [2.45, 2.75) is 25.3 Å². The van der Waals surface area contributed by atoms with Gasteiger partial charge in [0.25, 0.3) is 0 Å². The fourth-order valence-electron chi connectivity index (χ4n) is 1.09. The molecule has 0 aromatic carbocycles. The van der Waals surface area contributed by atoms with Crippen molar-refractivity contribution in [3.8, 4) is 0 Å². The zero-order valence-electron chi connectivity index (χ0n) is 5.70. The van der Waals surface area contributed by atoms with Crippen molar-refractivity contribution in [3.05, 3.63) is 0 Å². The summed E-state index contributed by atoms with van der Waals surface area (Å²) in [5.41, 5.74) is 0. The Labute approximate surface area is 71.0 Å². The van der Waals surface area contributed by atoms with Gasteiger partial charge in [0.05, 0.1) is 6.10 Å². The van der Waals surface area contributed by atoms with Crippen LogP contribution in [0.25, 0.3) is 0 Å². The molecule has 1 fully saturated rings. The van der Waals surface area contributed by atoms with E-state index in [2.05, 4.69) is 20.7 Å². The van der Waals surface area contributed by atoms with Crippen molar-refractivity contribution < 1.29 is 17.9 Å². The van der Waals surface area contributed by atoms with Crippen LogP contribution in [-0.4, -0.2) is 17.8 Å². The van der Waals surface area contributed by atoms with E-state index in [9.17, 15) is 13.2 Å². The Morgan fingerprint density at radius 3 is 2.27 bits per heavy atom. The van der Waals surface area contributed by atoms with Crippen LogP contribution in [0.15, 0.2) is 0 Å². The zero-order chi connectivity index (χ0) is 8.48. The molecule has 0 spiro atoms. The smallest absolute Gasteiger partial charge is 0.289 e. The highest BCUT2D eigenvalue weighted by Gasteiger charge is 2.39. The van der Waals surface area contributed by atoms with Gasteiger partial charge >= 0.3 is 6.36 Å². The molecule has 0 radical (unpaired) electrons. The van der Waals surface area contributed by atoms with Gasteiger partial charge in [-0.25, -0.2) is 0 Å². The van der Waals surface area contributed by atoms with E-state index in [1.54, 1.807) is 0 Å². The highest BCUT2D eigenvalue weighted by molar-refractivity contribution is 9.09. The summed E-state index contributed by atoms with van der Waals surface area (Å²) in [6.07, 6.45) is -4.02. The molecule has 0 heterocycles. The van der Waals surface area contributed by atoms with Gasteiger partial charge in [-0.05, 0) is 18.8 Å². The Kier molecular flexibility index (Phi) is 2.80. The number of rotatable bonds is 2. The van der Waals surface area contributed by atoms with Crippen molar-refractivity contribution >= 4 is 15.9 Å². The summed E-state index contributed by atoms with van der Waals surface area (Å²) in [5, 5.41) is 0.769. The maximum atomic E-state index is 11.5. The standard InChI is InChI=1S/C6H8BrF3O/c7-3-4-1-5(2-4)11-6(8,9)10/h4-5H,1-3H2. The lowest BCUT2D eigenvalue weighted by atomic mass is 9.84. The summed E-state index contributed by atoms with van der Waals surface area (Å²) in [7, 11) is 0. The van der Waals surface area contributed by atoms with Crippen molar-refractivity contribution in [3.63, 3.8) is 0 Å². The van der Waals surface area contributed by atoms with E-state index in [-0.39, 0.29) is 0 Å². The molecule has 1 aliphatic rings. The maximum absolute atomic E-state index is 11.5. The van der Waals surface area contributed by atoms with E-state index >= 15 is 0 Å². The molecular weight excluding hydrogens is 225 g/mol. The van der Waals surface area contributed by atoms with Gasteiger partial charge < -0.3 is 0 Å². The number of hydrogen-bond donors (Lipinski definition) is 0. The molecular formula is C6H8BrF3O. The van der Waals surface area contributed by atoms with Gasteiger partial charge in [-0.3, -0.25) is 4.74 Å². The first kappa shape index (κ1) is 9.32. The Bertz CT molecular complexity index is 130. The maximum Gasteiger partial charge on any atom is 0.522 e. The van der Waals surface area contributed by atoms with E-state index in [0.717, 1.165) is 5.33 Å². The third kappa shape index (κ3) is 2.99. The fourth-order valence-corrected chi connectivity index (χ4v) is 1.61. The molecule has 1 nitrogen and oxygen atoms in total. The van der Waals surface area contributed by atoms with Crippen LogP contribution >= 0.6 is 15.9 Å². The number of hydrogen-bond acceptors (Lipinski definition) is 1. The molecule has 11 heavy (non-hydrogen) atoms. The van der Waals surface area contributed by atoms with E-state index in [4.69, 9.17) is 0 Å². The number of alkyl halides is 4. The molecule has 5 heteroatoms. The molecule has 1 saturated carbocycles. The molecule has 0 bridgehead atoms. The van der Waals surface area contributed by atoms with Gasteiger partial charge in [0.2, 0.25) is 0 Å². The Balaban J connectivity index is 2.14. The summed E-state index contributed by atoms with van der Waals surface area (Å²) in [5.74, 6) is 0.363. The molecule has 0 aromatic rings. The molecule has 0 unspecified atom stereocenters. The molecule has 0 atom stereocenters. The zero-order valence-corrected chi connectivity index (χ0v) is 7.28. The van der Waals surface area contributed by atoms with Gasteiger partial charge in [-0.15, -0.1) is 13.2 Å². The van der Waals surface area contributed by atoms with Gasteiger partial charge in [-0.2, -0.15) is 0 Å². The minimum absolute atomic E-state index is 0.363. The predicted octanol–water partition coefficient (Wildman–Crippen LogP) is 2.70. The van der Waals surface area contributed by atoms with Crippen LogP contribution in [0.1, 0.15) is 12.8 Å². The van der Waals surface area contributed by atoms with Crippen molar-refractivity contribution in [2.75, 3.05) is 5.33 Å². The summed E-state index contributed by atoms with van der Waals surface area (Å²) in [4.78, 5) is 0. The van der Waals surface area contributed by atoms with E-state index in [1.165, 1.54) is 0 Å². The summed E-state index contributed by atoms with van der Waals surface area (Å²) in [6.45, 7) is 0. The normalized spacial score (nSPS) is 31.6. The second kappa shape index (κ2) is 3.31. The first-order chi connectivity index (χ1) is 5.01. The van der Waals surface area contributed by atoms with Crippen LogP contribution in [0.2, 0.25) is 0 Å². The Hall–Kier alpha value is 0.230. The second-order valence-corrected chi connectivity index (χ2v) is 3.32. The molecule has 0 aliphatic heterocycles. The average Bonchev–Trinajstić information content (AvgIpc) is 1.75. The van der Waals surface area contributed by atoms with Crippen LogP contribution in [0.4, 0.5) is 13.2 Å². The largest absolute Gasteiger partial charge is 0.522 e. The molecule has 0 saturated heterocycles. The third-order valence-corrected chi connectivity index (χ3v) is 2.63. The first-order valence-corrected chi connectivity index (χ1v) is 4.44. The molecule has 1 rings (SSSR count). The second-order valence-electron chi connectivity index (χ2n) is 2.68. The van der Waals surface area contributed by atoms with E-state index < -0.39 is 12.5 Å². The molecule has 0 N–H and O–H groups in total. The van der Waals surface area contributed by atoms with Crippen LogP contribution in [-0.2, 0) is 4.74 Å². The predicted molar refractivity (Wildman–Crippen MR) is 37.4 cm³/mol. The summed E-state index contributed by atoms with van der Waals surface area (Å²) in [6, 6.07) is 0. The number of ether oxygens (including phenoxy) is 1. The Morgan fingerprint density at radius 2 is 1.91 bits per heavy atom. The SMILES string of the molecule is FC(F)(F)OC1CC(CBr)C1. The monoisotopic (exact) mass is 232 g/mol. The van der Waals surface area contributed by atoms with Crippen molar-refractivity contribution in [1.29, 1.82) is 0 Å². The molecule has 0 amide bonds.